The number of aliphatic carboxylic acids is 2. The van der Waals surface area contributed by atoms with E-state index in [4.69, 9.17) is 10.5 Å². The fraction of sp³-hybridized carbons (Fsp3) is 0.571. The third kappa shape index (κ3) is 2.98. The number of hydrogen-bond donors (Lipinski definition) is 4. The van der Waals surface area contributed by atoms with Gasteiger partial charge in [0.2, 0.25) is 5.91 Å². The molecule has 4 N–H and O–H groups in total. The Kier molecular flexibility index (Phi) is 4.81. The molecule has 126 valence electrons. The average Bonchev–Trinajstić information content (AvgIpc) is 2.72. The summed E-state index contributed by atoms with van der Waals surface area (Å²) >= 11 is 1.05. The van der Waals surface area contributed by atoms with Crippen LogP contribution in [0.15, 0.2) is 10.6 Å². The van der Waals surface area contributed by atoms with Crippen molar-refractivity contribution < 1.29 is 29.7 Å². The van der Waals surface area contributed by atoms with Crippen LogP contribution in [-0.2, 0) is 14.4 Å². The Hall–Kier alpha value is -1.87. The maximum atomic E-state index is 12.0. The van der Waals surface area contributed by atoms with Crippen LogP contribution in [0.2, 0.25) is 0 Å². The SMILES string of the molecule is CC(=N)[C@@H](CSC1=C(C(=O)O)N2C(=O)[C@H](C(C)O)[C@H]2C1)C(=O)O. The number of carboxylic acids is 2. The molecule has 23 heavy (non-hydrogen) atoms. The van der Waals surface area contributed by atoms with E-state index < -0.39 is 35.8 Å². The Morgan fingerprint density at radius 1 is 1.43 bits per heavy atom. The van der Waals surface area contributed by atoms with Crippen molar-refractivity contribution in [1.82, 2.24) is 4.90 Å². The van der Waals surface area contributed by atoms with E-state index in [1.54, 1.807) is 0 Å². The minimum atomic E-state index is -1.24. The highest BCUT2D eigenvalue weighted by Gasteiger charge is 2.56. The summed E-state index contributed by atoms with van der Waals surface area (Å²) < 4.78 is 0. The number of hydrogen-bond acceptors (Lipinski definition) is 6. The lowest BCUT2D eigenvalue weighted by Gasteiger charge is -2.44. The minimum Gasteiger partial charge on any atom is -0.481 e. The Morgan fingerprint density at radius 3 is 2.48 bits per heavy atom. The van der Waals surface area contributed by atoms with Crippen molar-refractivity contribution in [3.63, 3.8) is 0 Å². The second-order valence-corrected chi connectivity index (χ2v) is 6.82. The number of amides is 1. The Morgan fingerprint density at radius 2 is 2.04 bits per heavy atom. The molecule has 2 aliphatic rings. The van der Waals surface area contributed by atoms with Crippen molar-refractivity contribution in [2.24, 2.45) is 11.8 Å². The van der Waals surface area contributed by atoms with Gasteiger partial charge in [0.1, 0.15) is 11.6 Å². The van der Waals surface area contributed by atoms with E-state index in [0.29, 0.717) is 4.91 Å². The number of rotatable bonds is 7. The van der Waals surface area contributed by atoms with Gasteiger partial charge < -0.3 is 25.6 Å². The van der Waals surface area contributed by atoms with Crippen molar-refractivity contribution in [1.29, 1.82) is 5.41 Å². The van der Waals surface area contributed by atoms with Crippen LogP contribution < -0.4 is 0 Å². The zero-order valence-electron chi connectivity index (χ0n) is 12.6. The standard InChI is InChI=1S/C14H18N2O6S/c1-5(15)7(13(19)20)4-23-9-3-8-10(6(2)17)12(18)16(8)11(9)14(21)22/h6-8,10,15,17H,3-4H2,1-2H3,(H,19,20)(H,21,22)/t6?,7-,8-,10-/m1/s1. The topological polar surface area (TPSA) is 139 Å². The van der Waals surface area contributed by atoms with Gasteiger partial charge in [0, 0.05) is 22.8 Å². The highest BCUT2D eigenvalue weighted by atomic mass is 32.2. The summed E-state index contributed by atoms with van der Waals surface area (Å²) in [6, 6.07) is -0.388. The number of nitrogens with one attached hydrogen (secondary N) is 1. The number of fused-ring (bicyclic) bond motifs is 1. The van der Waals surface area contributed by atoms with Gasteiger partial charge in [-0.1, -0.05) is 0 Å². The number of carbonyl (C=O) groups excluding carboxylic acids is 1. The van der Waals surface area contributed by atoms with Crippen LogP contribution in [0, 0.1) is 17.2 Å². The lowest BCUT2D eigenvalue weighted by atomic mass is 9.83. The normalized spacial score (nSPS) is 25.7. The van der Waals surface area contributed by atoms with Gasteiger partial charge >= 0.3 is 11.9 Å². The lowest BCUT2D eigenvalue weighted by molar-refractivity contribution is -0.161. The summed E-state index contributed by atoms with van der Waals surface area (Å²) in [5, 5.41) is 35.5. The van der Waals surface area contributed by atoms with Gasteiger partial charge in [0.05, 0.1) is 18.1 Å². The fourth-order valence-corrected chi connectivity index (χ4v) is 4.30. The second kappa shape index (κ2) is 6.32. The molecule has 0 aromatic rings. The first kappa shape index (κ1) is 17.5. The summed E-state index contributed by atoms with van der Waals surface area (Å²) in [5.41, 5.74) is -0.143. The third-order valence-electron chi connectivity index (χ3n) is 4.14. The molecule has 0 aromatic heterocycles. The van der Waals surface area contributed by atoms with E-state index in [2.05, 4.69) is 0 Å². The molecular weight excluding hydrogens is 324 g/mol. The second-order valence-electron chi connectivity index (χ2n) is 5.71. The van der Waals surface area contributed by atoms with E-state index in [1.165, 1.54) is 18.7 Å². The van der Waals surface area contributed by atoms with E-state index in [0.717, 1.165) is 11.8 Å². The van der Waals surface area contributed by atoms with Gasteiger partial charge in [-0.05, 0) is 13.8 Å². The summed E-state index contributed by atoms with van der Waals surface area (Å²) in [4.78, 5) is 36.2. The van der Waals surface area contributed by atoms with Gasteiger partial charge in [-0.15, -0.1) is 11.8 Å². The van der Waals surface area contributed by atoms with Crippen molar-refractivity contribution in [2.75, 3.05) is 5.75 Å². The first-order chi connectivity index (χ1) is 10.7. The van der Waals surface area contributed by atoms with E-state index >= 15 is 0 Å². The first-order valence-corrected chi connectivity index (χ1v) is 8.03. The molecule has 2 heterocycles. The molecule has 0 saturated carbocycles. The average molecular weight is 342 g/mol. The van der Waals surface area contributed by atoms with Gasteiger partial charge in [-0.2, -0.15) is 0 Å². The van der Waals surface area contributed by atoms with E-state index in [9.17, 15) is 24.6 Å². The monoisotopic (exact) mass is 342 g/mol. The summed E-state index contributed by atoms with van der Waals surface area (Å²) in [6.07, 6.45) is -0.574. The number of nitrogens with zero attached hydrogens (tertiary/aromatic N) is 1. The van der Waals surface area contributed by atoms with Crippen molar-refractivity contribution in [2.45, 2.75) is 32.4 Å². The van der Waals surface area contributed by atoms with Crippen molar-refractivity contribution in [3.8, 4) is 0 Å². The smallest absolute Gasteiger partial charge is 0.353 e. The largest absolute Gasteiger partial charge is 0.481 e. The first-order valence-electron chi connectivity index (χ1n) is 7.05. The highest BCUT2D eigenvalue weighted by Crippen LogP contribution is 2.47. The quantitative estimate of drug-likeness (QED) is 0.387. The number of β-lactam (4-membered cyclic amide) rings is 1. The summed E-state index contributed by atoms with van der Waals surface area (Å²) in [5.74, 6) is -4.39. The predicted molar refractivity (Wildman–Crippen MR) is 82.1 cm³/mol. The molecular formula is C14H18N2O6S. The highest BCUT2D eigenvalue weighted by molar-refractivity contribution is 8.03. The van der Waals surface area contributed by atoms with Crippen LogP contribution in [0.4, 0.5) is 0 Å². The molecule has 2 rings (SSSR count). The molecule has 9 heteroatoms. The van der Waals surface area contributed by atoms with Crippen LogP contribution in [0.5, 0.6) is 0 Å². The Balaban J connectivity index is 2.18. The Labute approximate surface area is 136 Å². The molecule has 0 aliphatic carbocycles. The van der Waals surface area contributed by atoms with Crippen LogP contribution >= 0.6 is 11.8 Å². The van der Waals surface area contributed by atoms with Gasteiger partial charge in [0.15, 0.2) is 0 Å². The van der Waals surface area contributed by atoms with Gasteiger partial charge in [0.25, 0.3) is 0 Å². The molecule has 4 atom stereocenters. The number of carbonyl (C=O) groups is 3. The zero-order valence-corrected chi connectivity index (χ0v) is 13.5. The summed E-state index contributed by atoms with van der Waals surface area (Å²) in [6.45, 7) is 2.88. The minimum absolute atomic E-state index is 0.0123. The fourth-order valence-electron chi connectivity index (χ4n) is 2.93. The number of carboxylic acid groups (broad SMARTS) is 2. The number of aliphatic hydroxyl groups is 1. The van der Waals surface area contributed by atoms with Crippen molar-refractivity contribution in [3.05, 3.63) is 10.6 Å². The van der Waals surface area contributed by atoms with Crippen LogP contribution in [-0.4, -0.2) is 61.7 Å². The molecule has 1 fully saturated rings. The van der Waals surface area contributed by atoms with Crippen molar-refractivity contribution >= 4 is 35.3 Å². The molecule has 1 unspecified atom stereocenters. The van der Waals surface area contributed by atoms with Gasteiger partial charge in [-0.25, -0.2) is 4.79 Å². The molecule has 1 saturated heterocycles. The van der Waals surface area contributed by atoms with E-state index in [-0.39, 0.29) is 29.6 Å². The maximum Gasteiger partial charge on any atom is 0.353 e. The Bertz CT molecular complexity index is 600. The molecule has 0 spiro atoms. The number of thioether (sulfide) groups is 1. The maximum absolute atomic E-state index is 12.0. The number of aliphatic hydroxyl groups excluding tert-OH is 1. The zero-order chi connectivity index (χ0) is 17.5. The molecule has 8 nitrogen and oxygen atoms in total. The lowest BCUT2D eigenvalue weighted by Crippen LogP contribution is -2.61. The molecule has 0 bridgehead atoms. The van der Waals surface area contributed by atoms with Crippen LogP contribution in [0.25, 0.3) is 0 Å². The molecule has 0 radical (unpaired) electrons. The molecule has 2 aliphatic heterocycles. The molecule has 0 aromatic carbocycles. The van der Waals surface area contributed by atoms with E-state index in [1.807, 2.05) is 0 Å². The van der Waals surface area contributed by atoms with Crippen LogP contribution in [0.3, 0.4) is 0 Å². The molecule has 1 amide bonds. The predicted octanol–water partition coefficient (Wildman–Crippen LogP) is 0.368. The van der Waals surface area contributed by atoms with Gasteiger partial charge in [-0.3, -0.25) is 9.59 Å². The third-order valence-corrected chi connectivity index (χ3v) is 5.34. The summed E-state index contributed by atoms with van der Waals surface area (Å²) in [7, 11) is 0. The van der Waals surface area contributed by atoms with Crippen LogP contribution in [0.1, 0.15) is 20.3 Å².